The third-order valence-electron chi connectivity index (χ3n) is 4.69. The first-order valence-electron chi connectivity index (χ1n) is 11.0. The van der Waals surface area contributed by atoms with E-state index in [4.69, 9.17) is 22.9 Å². The van der Waals surface area contributed by atoms with Crippen LogP contribution in [0.25, 0.3) is 0 Å². The summed E-state index contributed by atoms with van der Waals surface area (Å²) in [5, 5.41) is 16.6. The molecule has 34 heavy (non-hydrogen) atoms. The lowest BCUT2D eigenvalue weighted by Gasteiger charge is -2.24. The smallest absolute Gasteiger partial charge is 0.326 e. The number of carboxylic acid groups (broad SMARTS) is 1. The summed E-state index contributed by atoms with van der Waals surface area (Å²) in [6.45, 7) is 5.41. The molecule has 0 radical (unpaired) electrons. The summed E-state index contributed by atoms with van der Waals surface area (Å²) >= 11 is 0. The van der Waals surface area contributed by atoms with Crippen LogP contribution in [0.2, 0.25) is 0 Å². The Morgan fingerprint density at radius 1 is 0.853 bits per heavy atom. The number of guanidine groups is 1. The Bertz CT molecular complexity index is 753. The van der Waals surface area contributed by atoms with Crippen LogP contribution in [0.5, 0.6) is 0 Å². The van der Waals surface area contributed by atoms with Crippen molar-refractivity contribution in [2.45, 2.75) is 77.0 Å². The summed E-state index contributed by atoms with van der Waals surface area (Å²) in [4.78, 5) is 63.8. The average molecular weight is 487 g/mol. The second kappa shape index (κ2) is 15.4. The van der Waals surface area contributed by atoms with Gasteiger partial charge in [0, 0.05) is 13.0 Å². The molecular weight excluding hydrogens is 448 g/mol. The molecule has 0 bridgehead atoms. The zero-order valence-corrected chi connectivity index (χ0v) is 19.9. The first-order valence-corrected chi connectivity index (χ1v) is 11.0. The van der Waals surface area contributed by atoms with Crippen molar-refractivity contribution < 1.29 is 29.1 Å². The fourth-order valence-corrected chi connectivity index (χ4v) is 2.89. The first kappa shape index (κ1) is 30.6. The summed E-state index contributed by atoms with van der Waals surface area (Å²) in [6.07, 6.45) is 0.320. The second-order valence-corrected chi connectivity index (χ2v) is 8.38. The molecule has 194 valence electrons. The second-order valence-electron chi connectivity index (χ2n) is 8.38. The molecule has 0 aromatic carbocycles. The highest BCUT2D eigenvalue weighted by Crippen LogP contribution is 2.05. The van der Waals surface area contributed by atoms with E-state index in [-0.39, 0.29) is 44.1 Å². The van der Waals surface area contributed by atoms with Crippen LogP contribution in [-0.4, -0.2) is 71.4 Å². The number of aliphatic imine (C=N–C) groups is 1. The maximum absolute atomic E-state index is 12.7. The highest BCUT2D eigenvalue weighted by Gasteiger charge is 2.28. The number of aliphatic carboxylic acids is 1. The summed E-state index contributed by atoms with van der Waals surface area (Å²) < 4.78 is 0. The highest BCUT2D eigenvalue weighted by molar-refractivity contribution is 5.94. The van der Waals surface area contributed by atoms with Gasteiger partial charge in [0.05, 0.1) is 6.04 Å². The van der Waals surface area contributed by atoms with Crippen molar-refractivity contribution in [3.63, 3.8) is 0 Å². The van der Waals surface area contributed by atoms with E-state index in [9.17, 15) is 29.1 Å². The predicted molar refractivity (Wildman–Crippen MR) is 125 cm³/mol. The lowest BCUT2D eigenvalue weighted by atomic mass is 10.0. The van der Waals surface area contributed by atoms with Gasteiger partial charge in [0.15, 0.2) is 5.96 Å². The summed E-state index contributed by atoms with van der Waals surface area (Å²) in [6, 6.07) is -4.34. The fourth-order valence-electron chi connectivity index (χ4n) is 2.89. The quantitative estimate of drug-likeness (QED) is 0.0637. The summed E-state index contributed by atoms with van der Waals surface area (Å²) in [7, 11) is 0. The van der Waals surface area contributed by atoms with E-state index in [0.29, 0.717) is 6.42 Å². The van der Waals surface area contributed by atoms with Gasteiger partial charge in [0.25, 0.3) is 0 Å². The van der Waals surface area contributed by atoms with Crippen molar-refractivity contribution in [1.82, 2.24) is 16.0 Å². The molecule has 0 fully saturated rings. The van der Waals surface area contributed by atoms with Crippen LogP contribution < -0.4 is 38.9 Å². The zero-order chi connectivity index (χ0) is 26.4. The Hall–Kier alpha value is -3.42. The molecule has 14 heteroatoms. The van der Waals surface area contributed by atoms with Crippen molar-refractivity contribution in [3.05, 3.63) is 0 Å². The number of hydrogen-bond acceptors (Lipinski definition) is 7. The Balaban J connectivity index is 5.27. The number of nitrogens with one attached hydrogen (secondary N) is 3. The standard InChI is InChI=1S/C20H38N8O6/c1-10(2)9-12(21)17(31)26-11(3)16(30)27-13(5-4-8-25-20(23)24)18(32)28-14(19(33)34)6-7-15(22)29/h10-14H,4-9,21H2,1-3H3,(H2,22,29)(H,26,31)(H,27,30)(H,28,32)(H,33,34)(H4,23,24,25)/t11-,12-,13-,14-/m0/s1. The minimum Gasteiger partial charge on any atom is -0.480 e. The summed E-state index contributed by atoms with van der Waals surface area (Å²) in [5.74, 6) is -4.01. The van der Waals surface area contributed by atoms with Gasteiger partial charge in [0.2, 0.25) is 23.6 Å². The van der Waals surface area contributed by atoms with Gasteiger partial charge in [-0.3, -0.25) is 24.2 Å². The van der Waals surface area contributed by atoms with Crippen LogP contribution in [-0.2, 0) is 24.0 Å². The minimum atomic E-state index is -1.39. The zero-order valence-electron chi connectivity index (χ0n) is 19.9. The van der Waals surface area contributed by atoms with Crippen LogP contribution in [0.3, 0.4) is 0 Å². The van der Waals surface area contributed by atoms with E-state index in [0.717, 1.165) is 0 Å². The molecule has 4 amide bonds. The van der Waals surface area contributed by atoms with E-state index in [1.54, 1.807) is 0 Å². The van der Waals surface area contributed by atoms with E-state index < -0.39 is 53.8 Å². The monoisotopic (exact) mass is 486 g/mol. The van der Waals surface area contributed by atoms with E-state index in [1.165, 1.54) is 6.92 Å². The molecule has 0 unspecified atom stereocenters. The number of nitrogens with zero attached hydrogens (tertiary/aromatic N) is 1. The van der Waals surface area contributed by atoms with Gasteiger partial charge in [-0.15, -0.1) is 0 Å². The number of nitrogens with two attached hydrogens (primary N) is 4. The molecule has 0 aliphatic rings. The van der Waals surface area contributed by atoms with E-state index >= 15 is 0 Å². The number of carbonyl (C=O) groups excluding carboxylic acids is 4. The molecule has 4 atom stereocenters. The van der Waals surface area contributed by atoms with Crippen molar-refractivity contribution >= 4 is 35.6 Å². The lowest BCUT2D eigenvalue weighted by Crippen LogP contribution is -2.56. The molecule has 0 aliphatic heterocycles. The Morgan fingerprint density at radius 2 is 1.44 bits per heavy atom. The van der Waals surface area contributed by atoms with Gasteiger partial charge in [0.1, 0.15) is 18.1 Å². The minimum absolute atomic E-state index is 0.0735. The Labute approximate surface area is 198 Å². The number of primary amides is 1. The molecule has 0 aromatic rings. The molecule has 0 aromatic heterocycles. The maximum atomic E-state index is 12.7. The van der Waals surface area contributed by atoms with Crippen LogP contribution >= 0.6 is 0 Å². The summed E-state index contributed by atoms with van der Waals surface area (Å²) in [5.41, 5.74) is 21.4. The fraction of sp³-hybridized carbons (Fsp3) is 0.700. The average Bonchev–Trinajstić information content (AvgIpc) is 2.71. The maximum Gasteiger partial charge on any atom is 0.326 e. The van der Waals surface area contributed by atoms with Crippen LogP contribution in [0.1, 0.15) is 52.9 Å². The van der Waals surface area contributed by atoms with Gasteiger partial charge in [-0.25, -0.2) is 4.79 Å². The van der Waals surface area contributed by atoms with Gasteiger partial charge in [-0.05, 0) is 38.5 Å². The molecule has 14 nitrogen and oxygen atoms in total. The van der Waals surface area contributed by atoms with Crippen LogP contribution in [0, 0.1) is 5.92 Å². The van der Waals surface area contributed by atoms with Gasteiger partial charge in [-0.2, -0.15) is 0 Å². The number of carbonyl (C=O) groups is 5. The number of rotatable bonds is 16. The Kier molecular flexibility index (Phi) is 13.9. The van der Waals surface area contributed by atoms with Crippen LogP contribution in [0.15, 0.2) is 4.99 Å². The van der Waals surface area contributed by atoms with Crippen molar-refractivity contribution in [2.24, 2.45) is 33.8 Å². The topological polar surface area (TPSA) is 258 Å². The van der Waals surface area contributed by atoms with Gasteiger partial charge >= 0.3 is 5.97 Å². The Morgan fingerprint density at radius 3 is 1.94 bits per heavy atom. The van der Waals surface area contributed by atoms with Crippen LogP contribution in [0.4, 0.5) is 0 Å². The van der Waals surface area contributed by atoms with Gasteiger partial charge in [-0.1, -0.05) is 13.8 Å². The van der Waals surface area contributed by atoms with Crippen molar-refractivity contribution in [3.8, 4) is 0 Å². The van der Waals surface area contributed by atoms with Gasteiger partial charge < -0.3 is 44.0 Å². The van der Waals surface area contributed by atoms with E-state index in [1.807, 2.05) is 13.8 Å². The van der Waals surface area contributed by atoms with Crippen molar-refractivity contribution in [2.75, 3.05) is 6.54 Å². The molecule has 0 saturated carbocycles. The predicted octanol–water partition coefficient (Wildman–Crippen LogP) is -2.76. The largest absolute Gasteiger partial charge is 0.480 e. The molecule has 0 rings (SSSR count). The third kappa shape index (κ3) is 13.2. The number of amides is 4. The molecule has 0 aliphatic carbocycles. The molecule has 12 N–H and O–H groups in total. The molecule has 0 heterocycles. The number of carboxylic acids is 1. The lowest BCUT2D eigenvalue weighted by molar-refractivity contribution is -0.142. The SMILES string of the molecule is CC(C)C[C@H](N)C(=O)N[C@@H](C)C(=O)N[C@@H](CCCN=C(N)N)C(=O)N[C@@H](CCC(N)=O)C(=O)O. The molecular formula is C20H38N8O6. The van der Waals surface area contributed by atoms with E-state index in [2.05, 4.69) is 20.9 Å². The molecule has 0 spiro atoms. The van der Waals surface area contributed by atoms with Crippen molar-refractivity contribution in [1.29, 1.82) is 0 Å². The molecule has 0 saturated heterocycles. The highest BCUT2D eigenvalue weighted by atomic mass is 16.4. The third-order valence-corrected chi connectivity index (χ3v) is 4.69. The normalized spacial score (nSPS) is 14.3. The first-order chi connectivity index (χ1) is 15.7. The number of hydrogen-bond donors (Lipinski definition) is 8.